The normalized spacial score (nSPS) is 11.9. The summed E-state index contributed by atoms with van der Waals surface area (Å²) in [6.45, 7) is 1.14. The van der Waals surface area contributed by atoms with Gasteiger partial charge in [0, 0.05) is 61.1 Å². The molecule has 236 valence electrons. The van der Waals surface area contributed by atoms with Crippen LogP contribution in [-0.2, 0) is 29.7 Å². The highest BCUT2D eigenvalue weighted by molar-refractivity contribution is 7.88. The van der Waals surface area contributed by atoms with Gasteiger partial charge in [-0.2, -0.15) is 5.10 Å². The first kappa shape index (κ1) is 30.2. The number of sulfonamides is 1. The molecule has 0 aliphatic rings. The SMILES string of the molecule is CS(=O)(=O)NCc1cc(F)cc(-c2ccnc3[nH]c(-c4n[nH]c5ncc(-c6cncc(CNCc7ccccc7)c6)c(F)c45)nc23)c1. The molecule has 5 aromatic heterocycles. The van der Waals surface area contributed by atoms with Crippen LogP contribution < -0.4 is 10.0 Å². The molecule has 0 atom stereocenters. The molecule has 11 nitrogen and oxygen atoms in total. The number of fused-ring (bicyclic) bond motifs is 2. The Hall–Kier alpha value is -5.44. The number of nitrogens with zero attached hydrogens (tertiary/aromatic N) is 5. The number of imidazole rings is 1. The molecule has 4 N–H and O–H groups in total. The van der Waals surface area contributed by atoms with Gasteiger partial charge >= 0.3 is 0 Å². The number of H-pyrrole nitrogens is 2. The van der Waals surface area contributed by atoms with E-state index in [0.717, 1.165) is 17.4 Å². The third-order valence-electron chi connectivity index (χ3n) is 7.55. The highest BCUT2D eigenvalue weighted by atomic mass is 32.2. The molecule has 5 heterocycles. The van der Waals surface area contributed by atoms with Gasteiger partial charge in [0.15, 0.2) is 17.1 Å². The number of hydrogen-bond donors (Lipinski definition) is 4. The van der Waals surface area contributed by atoms with Crippen LogP contribution in [0, 0.1) is 11.6 Å². The molecule has 0 aliphatic heterocycles. The third kappa shape index (κ3) is 6.47. The van der Waals surface area contributed by atoms with Crippen molar-refractivity contribution in [3.8, 4) is 33.8 Å². The van der Waals surface area contributed by atoms with Crippen LogP contribution in [0.15, 0.2) is 85.5 Å². The number of rotatable bonds is 10. The van der Waals surface area contributed by atoms with Crippen LogP contribution in [-0.4, -0.2) is 49.8 Å². The summed E-state index contributed by atoms with van der Waals surface area (Å²) in [7, 11) is -3.48. The number of pyridine rings is 3. The van der Waals surface area contributed by atoms with Crippen molar-refractivity contribution in [1.82, 2.24) is 45.2 Å². The Balaban J connectivity index is 1.22. The van der Waals surface area contributed by atoms with Crippen LogP contribution >= 0.6 is 0 Å². The van der Waals surface area contributed by atoms with E-state index in [1.807, 2.05) is 36.4 Å². The Labute approximate surface area is 267 Å². The van der Waals surface area contributed by atoms with Gasteiger partial charge in [0.2, 0.25) is 10.0 Å². The van der Waals surface area contributed by atoms with Crippen LogP contribution in [0.4, 0.5) is 8.78 Å². The second-order valence-corrected chi connectivity index (χ2v) is 12.9. The minimum atomic E-state index is -3.48. The Bertz CT molecular complexity index is 2360. The van der Waals surface area contributed by atoms with Crippen molar-refractivity contribution in [3.05, 3.63) is 114 Å². The van der Waals surface area contributed by atoms with Gasteiger partial charge in [0.25, 0.3) is 0 Å². The zero-order valence-corrected chi connectivity index (χ0v) is 25.7. The number of benzene rings is 2. The van der Waals surface area contributed by atoms with E-state index < -0.39 is 21.7 Å². The predicted octanol–water partition coefficient (Wildman–Crippen LogP) is 5.24. The van der Waals surface area contributed by atoms with Crippen molar-refractivity contribution in [3.63, 3.8) is 0 Å². The number of hydrogen-bond acceptors (Lipinski definition) is 8. The standard InChI is InChI=1S/C33H27F2N9O2S/c1-47(45,46)40-16-20-9-22(12-24(34)11-20)25-7-8-38-32-29(25)41-33(42-32)30-27-28(35)26(18-39-31(27)44-43-30)23-10-21(15-37-17-23)14-36-13-19-5-3-2-4-6-19/h2-12,15,17-18,36,40H,13-14,16H2,1H3,(H,38,41,42)(H,39,43,44). The molecule has 0 saturated heterocycles. The van der Waals surface area contributed by atoms with E-state index in [9.17, 15) is 12.8 Å². The minimum Gasteiger partial charge on any atom is -0.321 e. The van der Waals surface area contributed by atoms with Gasteiger partial charge in [-0.15, -0.1) is 0 Å². The number of aromatic amines is 2. The van der Waals surface area contributed by atoms with Gasteiger partial charge < -0.3 is 10.3 Å². The van der Waals surface area contributed by atoms with Crippen LogP contribution in [0.3, 0.4) is 0 Å². The Kier molecular flexibility index (Phi) is 7.97. The van der Waals surface area contributed by atoms with Gasteiger partial charge in [-0.3, -0.25) is 10.1 Å². The van der Waals surface area contributed by atoms with Crippen LogP contribution in [0.5, 0.6) is 0 Å². The smallest absolute Gasteiger partial charge is 0.209 e. The fourth-order valence-electron chi connectivity index (χ4n) is 5.38. The summed E-state index contributed by atoms with van der Waals surface area (Å²) in [6, 6.07) is 17.8. The molecule has 0 unspecified atom stereocenters. The minimum absolute atomic E-state index is 0.0832. The summed E-state index contributed by atoms with van der Waals surface area (Å²) >= 11 is 0. The van der Waals surface area contributed by atoms with Gasteiger partial charge in [-0.25, -0.2) is 36.9 Å². The zero-order chi connectivity index (χ0) is 32.5. The second kappa shape index (κ2) is 12.4. The van der Waals surface area contributed by atoms with Crippen LogP contribution in [0.25, 0.3) is 56.0 Å². The van der Waals surface area contributed by atoms with Crippen molar-refractivity contribution in [2.75, 3.05) is 6.26 Å². The Morgan fingerprint density at radius 3 is 2.45 bits per heavy atom. The van der Waals surface area contributed by atoms with Crippen molar-refractivity contribution in [2.45, 2.75) is 19.6 Å². The molecule has 0 spiro atoms. The fraction of sp³-hybridized carbons (Fsp3) is 0.121. The molecule has 2 aromatic carbocycles. The van der Waals surface area contributed by atoms with Gasteiger partial charge in [0.1, 0.15) is 22.8 Å². The molecule has 7 aromatic rings. The van der Waals surface area contributed by atoms with Crippen LogP contribution in [0.1, 0.15) is 16.7 Å². The zero-order valence-electron chi connectivity index (χ0n) is 24.9. The first-order chi connectivity index (χ1) is 22.7. The maximum Gasteiger partial charge on any atom is 0.209 e. The quantitative estimate of drug-likeness (QED) is 0.157. The summed E-state index contributed by atoms with van der Waals surface area (Å²) in [5.41, 5.74) is 5.48. The van der Waals surface area contributed by atoms with E-state index in [1.165, 1.54) is 24.5 Å². The van der Waals surface area contributed by atoms with Crippen LogP contribution in [0.2, 0.25) is 0 Å². The highest BCUT2D eigenvalue weighted by Crippen LogP contribution is 2.34. The van der Waals surface area contributed by atoms with Crippen molar-refractivity contribution < 1.29 is 17.2 Å². The molecule has 14 heteroatoms. The van der Waals surface area contributed by atoms with E-state index in [1.54, 1.807) is 24.5 Å². The summed E-state index contributed by atoms with van der Waals surface area (Å²) in [5.74, 6) is -0.855. The maximum atomic E-state index is 16.3. The van der Waals surface area contributed by atoms with Crippen molar-refractivity contribution in [1.29, 1.82) is 0 Å². The third-order valence-corrected chi connectivity index (χ3v) is 8.22. The topological polar surface area (TPSA) is 154 Å². The molecule has 47 heavy (non-hydrogen) atoms. The lowest BCUT2D eigenvalue weighted by molar-refractivity contribution is 0.586. The Morgan fingerprint density at radius 1 is 0.809 bits per heavy atom. The number of nitrogens with one attached hydrogen (secondary N) is 4. The lowest BCUT2D eigenvalue weighted by Gasteiger charge is -2.08. The van der Waals surface area contributed by atoms with E-state index in [4.69, 9.17) is 4.98 Å². The summed E-state index contributed by atoms with van der Waals surface area (Å²) in [5, 5.41) is 10.6. The van der Waals surface area contributed by atoms with E-state index in [-0.39, 0.29) is 34.7 Å². The predicted molar refractivity (Wildman–Crippen MR) is 174 cm³/mol. The molecule has 0 amide bonds. The largest absolute Gasteiger partial charge is 0.321 e. The maximum absolute atomic E-state index is 16.3. The first-order valence-corrected chi connectivity index (χ1v) is 16.4. The van der Waals surface area contributed by atoms with E-state index >= 15 is 4.39 Å². The second-order valence-electron chi connectivity index (χ2n) is 11.0. The summed E-state index contributed by atoms with van der Waals surface area (Å²) < 4.78 is 56.4. The lowest BCUT2D eigenvalue weighted by Crippen LogP contribution is -2.21. The summed E-state index contributed by atoms with van der Waals surface area (Å²) in [4.78, 5) is 20.9. The van der Waals surface area contributed by atoms with E-state index in [0.29, 0.717) is 46.5 Å². The molecule has 0 radical (unpaired) electrons. The van der Waals surface area contributed by atoms with Crippen molar-refractivity contribution >= 4 is 32.2 Å². The molecular formula is C33H27F2N9O2S. The monoisotopic (exact) mass is 651 g/mol. The lowest BCUT2D eigenvalue weighted by atomic mass is 10.0. The highest BCUT2D eigenvalue weighted by Gasteiger charge is 2.22. The summed E-state index contributed by atoms with van der Waals surface area (Å²) in [6.07, 6.45) is 7.33. The van der Waals surface area contributed by atoms with Gasteiger partial charge in [-0.05, 0) is 52.6 Å². The Morgan fingerprint density at radius 2 is 1.62 bits per heavy atom. The number of aromatic nitrogens is 7. The number of halogens is 2. The molecular weight excluding hydrogens is 624 g/mol. The average Bonchev–Trinajstić information content (AvgIpc) is 3.69. The van der Waals surface area contributed by atoms with Crippen molar-refractivity contribution in [2.24, 2.45) is 0 Å². The van der Waals surface area contributed by atoms with Gasteiger partial charge in [0.05, 0.1) is 11.6 Å². The van der Waals surface area contributed by atoms with E-state index in [2.05, 4.69) is 40.2 Å². The molecule has 7 rings (SSSR count). The fourth-order valence-corrected chi connectivity index (χ4v) is 5.81. The average molecular weight is 652 g/mol. The molecule has 0 aliphatic carbocycles. The molecule has 0 fully saturated rings. The van der Waals surface area contributed by atoms with Gasteiger partial charge in [-0.1, -0.05) is 30.3 Å². The first-order valence-electron chi connectivity index (χ1n) is 14.5. The molecule has 0 saturated carbocycles. The molecule has 0 bridgehead atoms.